The molecule has 2 N–H and O–H groups in total. The smallest absolute Gasteiger partial charge is 0.223 e. The van der Waals surface area contributed by atoms with E-state index in [2.05, 4.69) is 28.8 Å². The lowest BCUT2D eigenvalue weighted by Gasteiger charge is -2.11. The van der Waals surface area contributed by atoms with Gasteiger partial charge in [0, 0.05) is 10.8 Å². The molecule has 0 bridgehead atoms. The number of anilines is 1. The quantitative estimate of drug-likeness (QED) is 0.549. The second kappa shape index (κ2) is 7.10. The summed E-state index contributed by atoms with van der Waals surface area (Å²) in [4.78, 5) is 17.6. The minimum Gasteiger partial charge on any atom is -0.493 e. The lowest BCUT2D eigenvalue weighted by Crippen LogP contribution is -2.02. The number of ether oxygens (including phenoxy) is 2. The third-order valence-electron chi connectivity index (χ3n) is 3.42. The molecule has 0 aliphatic heterocycles. The van der Waals surface area contributed by atoms with Gasteiger partial charge < -0.3 is 15.2 Å². The third-order valence-corrected chi connectivity index (χ3v) is 4.40. The van der Waals surface area contributed by atoms with Crippen molar-refractivity contribution >= 4 is 28.9 Å². The number of aromatic nitrogens is 4. The molecular formula is C17H19N5O2S. The normalized spacial score (nSPS) is 11.1. The minimum absolute atomic E-state index is 0.198. The van der Waals surface area contributed by atoms with Crippen molar-refractivity contribution in [3.8, 4) is 22.8 Å². The van der Waals surface area contributed by atoms with Crippen molar-refractivity contribution in [3.05, 3.63) is 24.4 Å². The number of hydrogen-bond acceptors (Lipinski definition) is 8. The fraction of sp³-hybridized carbons (Fsp3) is 0.294. The number of nitrogen functional groups attached to an aromatic ring is 1. The Balaban J connectivity index is 2.13. The maximum absolute atomic E-state index is 5.79. The molecule has 0 aliphatic carbocycles. The number of methoxy groups -OCH3 is 2. The Hall–Kier alpha value is -2.61. The average molecular weight is 357 g/mol. The van der Waals surface area contributed by atoms with E-state index in [4.69, 9.17) is 20.2 Å². The molecule has 8 heteroatoms. The summed E-state index contributed by atoms with van der Waals surface area (Å²) >= 11 is 1.58. The van der Waals surface area contributed by atoms with Gasteiger partial charge in [-0.3, -0.25) is 0 Å². The van der Waals surface area contributed by atoms with Crippen molar-refractivity contribution in [1.29, 1.82) is 0 Å². The van der Waals surface area contributed by atoms with Gasteiger partial charge in [-0.25, -0.2) is 15.0 Å². The van der Waals surface area contributed by atoms with Crippen LogP contribution in [-0.2, 0) is 0 Å². The zero-order valence-corrected chi connectivity index (χ0v) is 15.3. The molecule has 0 saturated carbocycles. The fourth-order valence-electron chi connectivity index (χ4n) is 2.34. The molecule has 3 rings (SSSR count). The Bertz CT molecular complexity index is 917. The second-order valence-electron chi connectivity index (χ2n) is 5.55. The van der Waals surface area contributed by atoms with Crippen molar-refractivity contribution in [2.75, 3.05) is 20.0 Å². The largest absolute Gasteiger partial charge is 0.493 e. The predicted molar refractivity (Wildman–Crippen MR) is 99.1 cm³/mol. The van der Waals surface area contributed by atoms with Gasteiger partial charge in [-0.15, -0.1) is 11.8 Å². The van der Waals surface area contributed by atoms with Crippen LogP contribution < -0.4 is 15.2 Å². The van der Waals surface area contributed by atoms with E-state index in [1.165, 1.54) is 0 Å². The first kappa shape index (κ1) is 17.2. The van der Waals surface area contributed by atoms with Crippen molar-refractivity contribution in [1.82, 2.24) is 19.9 Å². The lowest BCUT2D eigenvalue weighted by molar-refractivity contribution is 0.355. The van der Waals surface area contributed by atoms with E-state index >= 15 is 0 Å². The number of benzene rings is 1. The van der Waals surface area contributed by atoms with Crippen LogP contribution in [0, 0.1) is 0 Å². The molecule has 2 aromatic heterocycles. The molecule has 0 fully saturated rings. The summed E-state index contributed by atoms with van der Waals surface area (Å²) in [7, 11) is 3.20. The SMILES string of the molecule is COc1ccc(-c2cnc3nc(N)nc(SC(C)C)c3n2)cc1OC. The number of nitrogens with two attached hydrogens (primary N) is 1. The molecule has 0 unspecified atom stereocenters. The summed E-state index contributed by atoms with van der Waals surface area (Å²) < 4.78 is 10.6. The number of thioether (sulfide) groups is 1. The predicted octanol–water partition coefficient (Wildman–Crippen LogP) is 3.19. The number of rotatable bonds is 5. The van der Waals surface area contributed by atoms with Crippen molar-refractivity contribution in [2.24, 2.45) is 0 Å². The maximum Gasteiger partial charge on any atom is 0.223 e. The van der Waals surface area contributed by atoms with Crippen LogP contribution in [0.5, 0.6) is 11.5 Å². The van der Waals surface area contributed by atoms with Crippen LogP contribution in [0.25, 0.3) is 22.4 Å². The van der Waals surface area contributed by atoms with Crippen LogP contribution >= 0.6 is 11.8 Å². The molecule has 25 heavy (non-hydrogen) atoms. The van der Waals surface area contributed by atoms with Gasteiger partial charge in [-0.2, -0.15) is 4.98 Å². The highest BCUT2D eigenvalue weighted by atomic mass is 32.2. The topological polar surface area (TPSA) is 96.0 Å². The molecule has 0 radical (unpaired) electrons. The number of fused-ring (bicyclic) bond motifs is 1. The van der Waals surface area contributed by atoms with E-state index in [9.17, 15) is 0 Å². The molecule has 2 heterocycles. The van der Waals surface area contributed by atoms with Crippen LogP contribution in [0.3, 0.4) is 0 Å². The van der Waals surface area contributed by atoms with Gasteiger partial charge in [-0.05, 0) is 18.2 Å². The summed E-state index contributed by atoms with van der Waals surface area (Å²) in [6, 6.07) is 5.61. The van der Waals surface area contributed by atoms with Crippen LogP contribution in [0.4, 0.5) is 5.95 Å². The van der Waals surface area contributed by atoms with Crippen LogP contribution in [-0.4, -0.2) is 39.4 Å². The molecule has 0 spiro atoms. The van der Waals surface area contributed by atoms with Gasteiger partial charge in [0.2, 0.25) is 5.95 Å². The third kappa shape index (κ3) is 3.58. The second-order valence-corrected chi connectivity index (χ2v) is 7.12. The average Bonchev–Trinajstić information content (AvgIpc) is 2.60. The highest BCUT2D eigenvalue weighted by Gasteiger charge is 2.14. The Kier molecular flexibility index (Phi) is 4.89. The monoisotopic (exact) mass is 357 g/mol. The van der Waals surface area contributed by atoms with Crippen LogP contribution in [0.2, 0.25) is 0 Å². The first-order chi connectivity index (χ1) is 12.0. The molecule has 7 nitrogen and oxygen atoms in total. The Morgan fingerprint density at radius 1 is 1.04 bits per heavy atom. The molecule has 0 saturated heterocycles. The Morgan fingerprint density at radius 2 is 1.80 bits per heavy atom. The van der Waals surface area contributed by atoms with Crippen molar-refractivity contribution in [3.63, 3.8) is 0 Å². The molecule has 3 aromatic rings. The van der Waals surface area contributed by atoms with E-state index in [1.807, 2.05) is 18.2 Å². The first-order valence-corrected chi connectivity index (χ1v) is 8.59. The summed E-state index contributed by atoms with van der Waals surface area (Å²) in [5, 5.41) is 1.07. The van der Waals surface area contributed by atoms with E-state index in [0.717, 1.165) is 10.6 Å². The van der Waals surface area contributed by atoms with Gasteiger partial charge in [-0.1, -0.05) is 13.8 Å². The van der Waals surface area contributed by atoms with E-state index in [1.54, 1.807) is 32.2 Å². The highest BCUT2D eigenvalue weighted by molar-refractivity contribution is 8.00. The van der Waals surface area contributed by atoms with Crippen molar-refractivity contribution in [2.45, 2.75) is 24.1 Å². The minimum atomic E-state index is 0.198. The fourth-order valence-corrected chi connectivity index (χ4v) is 3.18. The number of hydrogen-bond donors (Lipinski definition) is 1. The standard InChI is InChI=1S/C17H19N5O2S/c1-9(2)25-16-14-15(21-17(18)22-16)19-8-11(20-14)10-5-6-12(23-3)13(7-10)24-4/h5-9H,1-4H3,(H2,18,19,21,22). The van der Waals surface area contributed by atoms with Gasteiger partial charge in [0.25, 0.3) is 0 Å². The Morgan fingerprint density at radius 3 is 2.48 bits per heavy atom. The van der Waals surface area contributed by atoms with Crippen molar-refractivity contribution < 1.29 is 9.47 Å². The summed E-state index contributed by atoms with van der Waals surface area (Å²) in [5.74, 6) is 1.49. The maximum atomic E-state index is 5.79. The molecule has 0 amide bonds. The first-order valence-electron chi connectivity index (χ1n) is 7.71. The van der Waals surface area contributed by atoms with E-state index in [0.29, 0.717) is 33.6 Å². The zero-order valence-electron chi connectivity index (χ0n) is 14.5. The Labute approximate surface area is 150 Å². The summed E-state index contributed by atoms with van der Waals surface area (Å²) in [6.07, 6.45) is 1.67. The summed E-state index contributed by atoms with van der Waals surface area (Å²) in [6.45, 7) is 4.17. The van der Waals surface area contributed by atoms with Gasteiger partial charge >= 0.3 is 0 Å². The van der Waals surface area contributed by atoms with Crippen LogP contribution in [0.1, 0.15) is 13.8 Å². The molecule has 0 atom stereocenters. The molecule has 130 valence electrons. The zero-order chi connectivity index (χ0) is 18.0. The molecule has 0 aliphatic rings. The summed E-state index contributed by atoms with van der Waals surface area (Å²) in [5.41, 5.74) is 8.48. The van der Waals surface area contributed by atoms with Crippen LogP contribution in [0.15, 0.2) is 29.4 Å². The van der Waals surface area contributed by atoms with Gasteiger partial charge in [0.1, 0.15) is 10.5 Å². The van der Waals surface area contributed by atoms with E-state index < -0.39 is 0 Å². The number of nitrogens with zero attached hydrogens (tertiary/aromatic N) is 4. The lowest BCUT2D eigenvalue weighted by atomic mass is 10.1. The van der Waals surface area contributed by atoms with Gasteiger partial charge in [0.15, 0.2) is 17.1 Å². The highest BCUT2D eigenvalue weighted by Crippen LogP contribution is 2.33. The molecule has 1 aromatic carbocycles. The van der Waals surface area contributed by atoms with E-state index in [-0.39, 0.29) is 5.95 Å². The van der Waals surface area contributed by atoms with Gasteiger partial charge in [0.05, 0.1) is 26.1 Å². The molecular weight excluding hydrogens is 338 g/mol.